The van der Waals surface area contributed by atoms with E-state index in [9.17, 15) is 13.2 Å². The molecule has 0 heterocycles. The molecule has 1 amide bonds. The van der Waals surface area contributed by atoms with Gasteiger partial charge in [0.2, 0.25) is 15.9 Å². The molecule has 0 unspecified atom stereocenters. The van der Waals surface area contributed by atoms with Crippen molar-refractivity contribution in [1.82, 2.24) is 10.0 Å². The lowest BCUT2D eigenvalue weighted by molar-refractivity contribution is -0.120. The summed E-state index contributed by atoms with van der Waals surface area (Å²) in [6.45, 7) is 1.80. The summed E-state index contributed by atoms with van der Waals surface area (Å²) < 4.78 is 26.8. The van der Waals surface area contributed by atoms with Crippen LogP contribution in [0.3, 0.4) is 0 Å². The molecule has 1 aromatic rings. The molecule has 0 atom stereocenters. The van der Waals surface area contributed by atoms with Gasteiger partial charge in [-0.3, -0.25) is 4.79 Å². The number of sulfonamides is 1. The fraction of sp³-hybridized carbons (Fsp3) is 0.588. The summed E-state index contributed by atoms with van der Waals surface area (Å²) >= 11 is 0. The Morgan fingerprint density at radius 1 is 1.09 bits per heavy atom. The number of benzene rings is 1. The predicted molar refractivity (Wildman–Crippen MR) is 90.6 cm³/mol. The Bertz CT molecular complexity index is 603. The quantitative estimate of drug-likeness (QED) is 0.782. The number of hydrogen-bond donors (Lipinski definition) is 2. The number of nitrogens with one attached hydrogen (secondary N) is 2. The minimum absolute atomic E-state index is 0.179. The van der Waals surface area contributed by atoms with E-state index in [0.717, 1.165) is 37.7 Å². The maximum atomic E-state index is 12.2. The van der Waals surface area contributed by atoms with Gasteiger partial charge in [-0.1, -0.05) is 44.7 Å². The molecule has 1 aliphatic carbocycles. The molecule has 0 aliphatic heterocycles. The maximum absolute atomic E-state index is 12.2. The van der Waals surface area contributed by atoms with Crippen molar-refractivity contribution >= 4 is 15.9 Å². The van der Waals surface area contributed by atoms with Crippen LogP contribution in [0.15, 0.2) is 29.2 Å². The molecule has 1 saturated carbocycles. The first kappa shape index (κ1) is 17.9. The third-order valence-electron chi connectivity index (χ3n) is 4.28. The van der Waals surface area contributed by atoms with Crippen LogP contribution in [0, 0.1) is 0 Å². The van der Waals surface area contributed by atoms with Gasteiger partial charge in [-0.2, -0.15) is 0 Å². The van der Waals surface area contributed by atoms with Crippen LogP contribution in [0.5, 0.6) is 0 Å². The molecule has 128 valence electrons. The van der Waals surface area contributed by atoms with Crippen molar-refractivity contribution in [3.05, 3.63) is 29.8 Å². The van der Waals surface area contributed by atoms with E-state index in [1.54, 1.807) is 24.3 Å². The van der Waals surface area contributed by atoms with Crippen molar-refractivity contribution in [3.8, 4) is 0 Å². The lowest BCUT2D eigenvalue weighted by Gasteiger charge is -2.16. The molecule has 2 rings (SSSR count). The Balaban J connectivity index is 1.86. The summed E-state index contributed by atoms with van der Waals surface area (Å²) in [6.07, 6.45) is 7.51. The third-order valence-corrected chi connectivity index (χ3v) is 5.70. The summed E-state index contributed by atoms with van der Waals surface area (Å²) in [7, 11) is -3.64. The Morgan fingerprint density at radius 3 is 2.26 bits per heavy atom. The van der Waals surface area contributed by atoms with Crippen LogP contribution in [-0.4, -0.2) is 26.9 Å². The summed E-state index contributed by atoms with van der Waals surface area (Å²) in [5.41, 5.74) is 1.08. The van der Waals surface area contributed by atoms with Crippen LogP contribution in [-0.2, 0) is 21.2 Å². The first-order valence-electron chi connectivity index (χ1n) is 8.39. The molecule has 0 aromatic heterocycles. The predicted octanol–water partition coefficient (Wildman–Crippen LogP) is 2.37. The minimum Gasteiger partial charge on any atom is -0.352 e. The highest BCUT2D eigenvalue weighted by Gasteiger charge is 2.18. The minimum atomic E-state index is -3.64. The topological polar surface area (TPSA) is 75.3 Å². The van der Waals surface area contributed by atoms with E-state index < -0.39 is 10.0 Å². The lowest BCUT2D eigenvalue weighted by Crippen LogP contribution is -2.41. The zero-order chi connectivity index (χ0) is 16.7. The molecule has 0 radical (unpaired) electrons. The average Bonchev–Trinajstić information content (AvgIpc) is 2.82. The number of carbonyl (C=O) groups is 1. The van der Waals surface area contributed by atoms with Crippen molar-refractivity contribution in [1.29, 1.82) is 0 Å². The number of aryl methyl sites for hydroxylation is 1. The van der Waals surface area contributed by atoms with E-state index in [1.807, 2.05) is 6.92 Å². The number of rotatable bonds is 6. The van der Waals surface area contributed by atoms with Crippen LogP contribution in [0.1, 0.15) is 51.0 Å². The Kier molecular flexibility index (Phi) is 6.59. The monoisotopic (exact) mass is 338 g/mol. The molecule has 1 fully saturated rings. The summed E-state index contributed by atoms with van der Waals surface area (Å²) in [4.78, 5) is 12.2. The van der Waals surface area contributed by atoms with Crippen LogP contribution in [0.25, 0.3) is 0 Å². The van der Waals surface area contributed by atoms with E-state index in [2.05, 4.69) is 10.0 Å². The smallest absolute Gasteiger partial charge is 0.241 e. The Morgan fingerprint density at radius 2 is 1.70 bits per heavy atom. The van der Waals surface area contributed by atoms with Gasteiger partial charge < -0.3 is 5.32 Å². The van der Waals surface area contributed by atoms with E-state index in [-0.39, 0.29) is 23.4 Å². The van der Waals surface area contributed by atoms with Crippen molar-refractivity contribution in [3.63, 3.8) is 0 Å². The van der Waals surface area contributed by atoms with Gasteiger partial charge in [-0.25, -0.2) is 13.1 Å². The van der Waals surface area contributed by atoms with E-state index in [0.29, 0.717) is 0 Å². The molecule has 23 heavy (non-hydrogen) atoms. The highest BCUT2D eigenvalue weighted by molar-refractivity contribution is 7.89. The molecule has 2 N–H and O–H groups in total. The van der Waals surface area contributed by atoms with Gasteiger partial charge in [0, 0.05) is 6.04 Å². The van der Waals surface area contributed by atoms with Gasteiger partial charge in [-0.15, -0.1) is 0 Å². The highest BCUT2D eigenvalue weighted by Crippen LogP contribution is 2.17. The second-order valence-corrected chi connectivity index (χ2v) is 7.85. The van der Waals surface area contributed by atoms with E-state index in [4.69, 9.17) is 0 Å². The van der Waals surface area contributed by atoms with Gasteiger partial charge in [0.05, 0.1) is 11.4 Å². The zero-order valence-electron chi connectivity index (χ0n) is 13.7. The molecule has 5 nitrogen and oxygen atoms in total. The van der Waals surface area contributed by atoms with E-state index in [1.165, 1.54) is 12.8 Å². The largest absolute Gasteiger partial charge is 0.352 e. The van der Waals surface area contributed by atoms with Crippen LogP contribution in [0.4, 0.5) is 0 Å². The summed E-state index contributed by atoms with van der Waals surface area (Å²) in [6, 6.07) is 6.91. The molecule has 0 saturated heterocycles. The fourth-order valence-corrected chi connectivity index (χ4v) is 3.83. The standard InChI is InChI=1S/C17H26N2O3S/c1-2-14-9-11-16(12-10-14)23(21,22)18-13-17(20)19-15-7-5-3-4-6-8-15/h9-12,15,18H,2-8,13H2,1H3,(H,19,20). The third kappa shape index (κ3) is 5.62. The first-order chi connectivity index (χ1) is 11.0. The molecule has 1 aliphatic rings. The molecular weight excluding hydrogens is 312 g/mol. The molecular formula is C17H26N2O3S. The van der Waals surface area contributed by atoms with Gasteiger partial charge in [0.1, 0.15) is 0 Å². The van der Waals surface area contributed by atoms with Crippen molar-refractivity contribution in [2.24, 2.45) is 0 Å². The van der Waals surface area contributed by atoms with Crippen LogP contribution >= 0.6 is 0 Å². The second-order valence-electron chi connectivity index (χ2n) is 6.08. The van der Waals surface area contributed by atoms with Crippen molar-refractivity contribution < 1.29 is 13.2 Å². The summed E-state index contributed by atoms with van der Waals surface area (Å²) in [5.74, 6) is -0.259. The van der Waals surface area contributed by atoms with Gasteiger partial charge >= 0.3 is 0 Å². The average molecular weight is 338 g/mol. The summed E-state index contributed by atoms with van der Waals surface area (Å²) in [5, 5.41) is 2.94. The first-order valence-corrected chi connectivity index (χ1v) is 9.87. The van der Waals surface area contributed by atoms with Crippen LogP contribution in [0.2, 0.25) is 0 Å². The Hall–Kier alpha value is -1.40. The van der Waals surface area contributed by atoms with Crippen LogP contribution < -0.4 is 10.0 Å². The highest BCUT2D eigenvalue weighted by atomic mass is 32.2. The zero-order valence-corrected chi connectivity index (χ0v) is 14.5. The van der Waals surface area contributed by atoms with Gasteiger partial charge in [0.25, 0.3) is 0 Å². The second kappa shape index (κ2) is 8.45. The fourth-order valence-electron chi connectivity index (χ4n) is 2.85. The molecule has 0 bridgehead atoms. The molecule has 6 heteroatoms. The SMILES string of the molecule is CCc1ccc(S(=O)(=O)NCC(=O)NC2CCCCCC2)cc1. The lowest BCUT2D eigenvalue weighted by atomic mass is 10.1. The van der Waals surface area contributed by atoms with Crippen molar-refractivity contribution in [2.45, 2.75) is 62.8 Å². The van der Waals surface area contributed by atoms with Gasteiger partial charge in [-0.05, 0) is 37.0 Å². The molecule has 1 aromatic carbocycles. The van der Waals surface area contributed by atoms with Crippen molar-refractivity contribution in [2.75, 3.05) is 6.54 Å². The molecule has 0 spiro atoms. The normalized spacial score (nSPS) is 16.7. The number of hydrogen-bond acceptors (Lipinski definition) is 3. The Labute approximate surface area is 138 Å². The number of carbonyl (C=O) groups excluding carboxylic acids is 1. The van der Waals surface area contributed by atoms with Gasteiger partial charge in [0.15, 0.2) is 0 Å². The maximum Gasteiger partial charge on any atom is 0.241 e. The van der Waals surface area contributed by atoms with E-state index >= 15 is 0 Å². The number of amides is 1.